The normalized spacial score (nSPS) is 12.5. The first-order valence-corrected chi connectivity index (χ1v) is 32.9. The Morgan fingerprint density at radius 1 is 0.402 bits per heavy atom. The Kier molecular flexibility index (Phi) is 34.5. The molecule has 6 rings (SSSR count). The average molecular weight is 1480 g/mol. The summed E-state index contributed by atoms with van der Waals surface area (Å²) in [5, 5.41) is 0. The van der Waals surface area contributed by atoms with Crippen LogP contribution in [0.4, 0.5) is 105 Å². The van der Waals surface area contributed by atoms with Gasteiger partial charge in [-0.2, -0.15) is 105 Å². The van der Waals surface area contributed by atoms with Crippen LogP contribution in [0.25, 0.3) is 11.1 Å². The molecule has 97 heavy (non-hydrogen) atoms. The fraction of sp³-hybridized carbons (Fsp3) is 0.200. The number of allylic oxidation sites excluding steroid dienone is 8. The van der Waals surface area contributed by atoms with Crippen molar-refractivity contribution in [3.63, 3.8) is 0 Å². The van der Waals surface area contributed by atoms with Crippen molar-refractivity contribution in [3.05, 3.63) is 155 Å². The summed E-state index contributed by atoms with van der Waals surface area (Å²) in [5.74, 6) is 38.5. The Hall–Kier alpha value is -9.78. The molecule has 1 atom stereocenters. The minimum Gasteiger partial charge on any atom is -0.162 e. The van der Waals surface area contributed by atoms with Gasteiger partial charge in [-0.15, -0.1) is 0 Å². The molecule has 2 aliphatic rings. The molecule has 0 heterocycles. The molecule has 1 unspecified atom stereocenters. The number of rotatable bonds is 7. The van der Waals surface area contributed by atoms with Crippen LogP contribution in [0.1, 0.15) is 53.6 Å². The number of benzene rings is 4. The molecule has 0 bridgehead atoms. The summed E-state index contributed by atoms with van der Waals surface area (Å²) in [7, 11) is -0.161. The molecular formula is C70H47F24GaS2. The van der Waals surface area contributed by atoms with E-state index in [4.69, 9.17) is 25.7 Å². The van der Waals surface area contributed by atoms with Gasteiger partial charge in [-0.3, -0.25) is 0 Å². The van der Waals surface area contributed by atoms with Gasteiger partial charge in [0.15, 0.2) is 14.7 Å². The number of aryl methyl sites for hydroxylation is 2. The van der Waals surface area contributed by atoms with Crippen LogP contribution >= 0.6 is 11.8 Å². The summed E-state index contributed by atoms with van der Waals surface area (Å²) in [6, 6.07) is 36.1. The summed E-state index contributed by atoms with van der Waals surface area (Å²) in [4.78, 5) is 6.94. The minimum absolute atomic E-state index is 0. The summed E-state index contributed by atoms with van der Waals surface area (Å²) >= 11 is -1.98. The van der Waals surface area contributed by atoms with E-state index in [0.29, 0.717) is 0 Å². The maximum Gasteiger partial charge on any atom is 0.487 e. The second-order valence-electron chi connectivity index (χ2n) is 18.0. The van der Waals surface area contributed by atoms with Gasteiger partial charge in [-0.05, 0) is 121 Å². The van der Waals surface area contributed by atoms with Crippen LogP contribution in [0.2, 0.25) is 0 Å². The van der Waals surface area contributed by atoms with E-state index >= 15 is 0 Å². The molecular weight excluding hydrogens is 1430 g/mol. The topological polar surface area (TPSA) is 0 Å². The second kappa shape index (κ2) is 39.3. The van der Waals surface area contributed by atoms with Crippen molar-refractivity contribution in [2.75, 3.05) is 0 Å². The Balaban J connectivity index is -0.000000657. The van der Waals surface area contributed by atoms with Gasteiger partial charge in [0.05, 0.1) is 10.9 Å². The maximum absolute atomic E-state index is 10.4. The van der Waals surface area contributed by atoms with Gasteiger partial charge in [0, 0.05) is 16.2 Å². The third kappa shape index (κ3) is 32.0. The molecule has 27 heteroatoms. The van der Waals surface area contributed by atoms with Crippen molar-refractivity contribution >= 4 is 48.8 Å². The first kappa shape index (κ1) is 85.2. The SMILES string of the molecule is C#CC#CC#[C][Ga-]([C]#CC#CC#C)([C]#CC#CC#C)[C]#CC#CC#C.Cc1cc([S+](c2ccc(C3=CCCC=C3)cc2)c2ccccc2C)ccc1SC1=CC=C(c2ccccc2)CC1.FC(F)(F)C(F)(F)F.FC(F)(F)C(F)(F)F.FC(F)(F)C(F)(F)F.FC(F)(F)C(F)(F)F.[HH].[HH].[HH].[HH]. The maximum atomic E-state index is 10.4. The number of thioether (sulfide) groups is 1. The Labute approximate surface area is 558 Å². The summed E-state index contributed by atoms with van der Waals surface area (Å²) in [6.07, 6.45) is -12.3. The van der Waals surface area contributed by atoms with Gasteiger partial charge < -0.3 is 0 Å². The summed E-state index contributed by atoms with van der Waals surface area (Å²) in [5.41, 5.74) is 8.11. The molecule has 510 valence electrons. The van der Waals surface area contributed by atoms with E-state index in [0.717, 1.165) is 25.7 Å². The zero-order valence-corrected chi connectivity index (χ0v) is 53.3. The average Bonchev–Trinajstić information content (AvgIpc) is 0.788. The number of halogens is 24. The smallest absolute Gasteiger partial charge is 0.162 e. The molecule has 0 saturated carbocycles. The van der Waals surface area contributed by atoms with E-state index in [9.17, 15) is 105 Å². The predicted octanol–water partition coefficient (Wildman–Crippen LogP) is 20.6. The van der Waals surface area contributed by atoms with Crippen LogP contribution in [-0.4, -0.2) is 64.4 Å². The second-order valence-corrected chi connectivity index (χ2v) is 27.2. The number of hydrogen-bond acceptors (Lipinski definition) is 1. The number of hydrogen-bond donors (Lipinski definition) is 0. The molecule has 0 nitrogen and oxygen atoms in total. The molecule has 0 saturated heterocycles. The van der Waals surface area contributed by atoms with Crippen LogP contribution in [0, 0.1) is 152 Å². The Morgan fingerprint density at radius 2 is 0.794 bits per heavy atom. The van der Waals surface area contributed by atoms with E-state index in [-0.39, 0.29) is 16.6 Å². The first-order chi connectivity index (χ1) is 44.9. The zero-order chi connectivity index (χ0) is 74.0. The molecule has 0 spiro atoms. The van der Waals surface area contributed by atoms with Crippen LogP contribution < -0.4 is 0 Å². The van der Waals surface area contributed by atoms with Gasteiger partial charge in [0.1, 0.15) is 0 Å². The van der Waals surface area contributed by atoms with Crippen molar-refractivity contribution in [3.8, 4) is 138 Å². The van der Waals surface area contributed by atoms with Crippen molar-refractivity contribution in [1.82, 2.24) is 0 Å². The third-order valence-electron chi connectivity index (χ3n) is 10.8. The van der Waals surface area contributed by atoms with Crippen LogP contribution in [0.15, 0.2) is 152 Å². The summed E-state index contributed by atoms with van der Waals surface area (Å²) in [6.45, 7) is 4.51. The van der Waals surface area contributed by atoms with Gasteiger partial charge in [-0.1, -0.05) is 90.7 Å². The van der Waals surface area contributed by atoms with E-state index < -0.39 is 64.4 Å². The molecule has 2 aliphatic carbocycles. The van der Waals surface area contributed by atoms with Crippen LogP contribution in [0.3, 0.4) is 0 Å². The molecule has 4 aromatic rings. The van der Waals surface area contributed by atoms with Crippen molar-refractivity contribution in [2.24, 2.45) is 0 Å². The van der Waals surface area contributed by atoms with Crippen LogP contribution in [0.5, 0.6) is 0 Å². The molecule has 0 aromatic heterocycles. The minimum atomic E-state index is -6.06. The van der Waals surface area contributed by atoms with E-state index in [1.165, 1.54) is 57.9 Å². The Morgan fingerprint density at radius 3 is 1.13 bits per heavy atom. The van der Waals surface area contributed by atoms with Crippen molar-refractivity contribution in [1.29, 1.82) is 0 Å². The van der Waals surface area contributed by atoms with E-state index in [1.807, 2.05) is 11.8 Å². The summed E-state index contributed by atoms with van der Waals surface area (Å²) < 4.78 is 262. The van der Waals surface area contributed by atoms with Gasteiger partial charge in [-0.25, -0.2) is 0 Å². The zero-order valence-electron chi connectivity index (χ0n) is 49.2. The van der Waals surface area contributed by atoms with Crippen LogP contribution in [-0.2, 0) is 10.9 Å². The largest absolute Gasteiger partial charge is 0.487 e. The molecule has 0 aliphatic heterocycles. The van der Waals surface area contributed by atoms with E-state index in [1.54, 1.807) is 0 Å². The standard InChI is InChI=1S/C38H35S2.4C6H.4C2F6.Ga.4H2/c1-28-11-9-10-16-38(28)40(35-23-19-33(20-24-35)31-14-7-4-8-15-31)36-25-26-37(29(2)27-36)39-34-21-17-32(18-22-34)30-12-5-3-6-13-30;4*1-3-5-6-4-2;4*3-1(4,5)2(6,7)8;;;;;/h3,5-7,9-17,19-21,23-27H,4,8,18,22H2,1-2H3;4*1H;;;;;;4*1H/q+1;;;;;;;;;-1;;;;. The fourth-order valence-electron chi connectivity index (χ4n) is 6.45. The first-order valence-electron chi connectivity index (χ1n) is 26.0. The molecule has 0 fully saturated rings. The third-order valence-corrected chi connectivity index (χ3v) is 19.3. The van der Waals surface area contributed by atoms with Gasteiger partial charge in [0.2, 0.25) is 0 Å². The van der Waals surface area contributed by atoms with E-state index in [2.05, 4.69) is 254 Å². The molecule has 0 N–H and O–H groups in total. The fourth-order valence-corrected chi connectivity index (χ4v) is 13.1. The molecule has 4 aromatic carbocycles. The molecule has 0 amide bonds. The number of alkyl halides is 24. The molecule has 0 radical (unpaired) electrons. The number of terminal acetylenes is 4. The van der Waals surface area contributed by atoms with Crippen molar-refractivity contribution < 1.29 is 111 Å². The quantitative estimate of drug-likeness (QED) is 0.0769. The van der Waals surface area contributed by atoms with Gasteiger partial charge in [0.25, 0.3) is 0 Å². The van der Waals surface area contributed by atoms with Gasteiger partial charge >= 0.3 is 203 Å². The predicted molar refractivity (Wildman–Crippen MR) is 335 cm³/mol. The monoisotopic (exact) mass is 1480 g/mol. The van der Waals surface area contributed by atoms with Crippen molar-refractivity contribution in [2.45, 2.75) is 109 Å². The Bertz CT molecular complexity index is 3860.